The maximum atomic E-state index is 12.9. The summed E-state index contributed by atoms with van der Waals surface area (Å²) in [6.07, 6.45) is 0. The molecule has 2 aromatic carbocycles. The molecule has 0 bridgehead atoms. The quantitative estimate of drug-likeness (QED) is 0.611. The molecule has 1 heterocycles. The van der Waals surface area contributed by atoms with Crippen molar-refractivity contribution in [2.24, 2.45) is 0 Å². The number of tetrazole rings is 1. The fourth-order valence-electron chi connectivity index (χ4n) is 2.69. The molecule has 0 radical (unpaired) electrons. The van der Waals surface area contributed by atoms with Crippen LogP contribution in [-0.4, -0.2) is 42.8 Å². The molecule has 0 aliphatic heterocycles. The van der Waals surface area contributed by atoms with Crippen molar-refractivity contribution in [3.05, 3.63) is 48.0 Å². The molecule has 0 unspecified atom stereocenters. The summed E-state index contributed by atoms with van der Waals surface area (Å²) in [5, 5.41) is 11.5. The Morgan fingerprint density at radius 2 is 1.93 bits per heavy atom. The molecule has 0 fully saturated rings. The number of aromatic nitrogens is 4. The maximum absolute atomic E-state index is 12.9. The molecule has 1 N–H and O–H groups in total. The van der Waals surface area contributed by atoms with Crippen LogP contribution in [0.4, 0.5) is 0 Å². The second kappa shape index (κ2) is 8.36. The van der Waals surface area contributed by atoms with Gasteiger partial charge < -0.3 is 9.47 Å². The van der Waals surface area contributed by atoms with Gasteiger partial charge in [0.2, 0.25) is 10.0 Å². The van der Waals surface area contributed by atoms with E-state index in [2.05, 4.69) is 20.2 Å². The molecule has 0 atom stereocenters. The summed E-state index contributed by atoms with van der Waals surface area (Å²) in [6, 6.07) is 12.0. The van der Waals surface area contributed by atoms with E-state index in [1.807, 2.05) is 13.0 Å². The van der Waals surface area contributed by atoms with E-state index in [0.717, 1.165) is 5.56 Å². The molecule has 28 heavy (non-hydrogen) atoms. The van der Waals surface area contributed by atoms with Crippen LogP contribution in [0.3, 0.4) is 0 Å². The Morgan fingerprint density at radius 1 is 1.11 bits per heavy atom. The lowest BCUT2D eigenvalue weighted by atomic mass is 10.2. The van der Waals surface area contributed by atoms with Crippen molar-refractivity contribution in [2.45, 2.75) is 24.9 Å². The summed E-state index contributed by atoms with van der Waals surface area (Å²) >= 11 is 0. The van der Waals surface area contributed by atoms with Gasteiger partial charge in [0.1, 0.15) is 16.4 Å². The summed E-state index contributed by atoms with van der Waals surface area (Å²) < 4.78 is 40.5. The predicted octanol–water partition coefficient (Wildman–Crippen LogP) is 1.86. The number of aryl methyl sites for hydroxylation is 1. The van der Waals surface area contributed by atoms with Crippen molar-refractivity contribution >= 4 is 10.0 Å². The van der Waals surface area contributed by atoms with Gasteiger partial charge >= 0.3 is 0 Å². The summed E-state index contributed by atoms with van der Waals surface area (Å²) in [5.41, 5.74) is 1.35. The van der Waals surface area contributed by atoms with Crippen molar-refractivity contribution in [3.63, 3.8) is 0 Å². The highest BCUT2D eigenvalue weighted by Crippen LogP contribution is 2.29. The SMILES string of the molecule is CCn1nnnc1-c1ccc(OC)c(S(=O)(=O)NCc2cccc(OC)c2)c1. The second-order valence-electron chi connectivity index (χ2n) is 5.86. The molecule has 0 aliphatic rings. The highest BCUT2D eigenvalue weighted by molar-refractivity contribution is 7.89. The van der Waals surface area contributed by atoms with Gasteiger partial charge in [0, 0.05) is 18.7 Å². The molecule has 0 spiro atoms. The van der Waals surface area contributed by atoms with Crippen LogP contribution in [0.5, 0.6) is 11.5 Å². The van der Waals surface area contributed by atoms with E-state index in [-0.39, 0.29) is 17.2 Å². The number of sulfonamides is 1. The minimum atomic E-state index is -3.85. The number of methoxy groups -OCH3 is 2. The van der Waals surface area contributed by atoms with Crippen LogP contribution in [-0.2, 0) is 23.1 Å². The molecular weight excluding hydrogens is 382 g/mol. The van der Waals surface area contributed by atoms with Crippen LogP contribution in [0.1, 0.15) is 12.5 Å². The largest absolute Gasteiger partial charge is 0.497 e. The van der Waals surface area contributed by atoms with Crippen molar-refractivity contribution < 1.29 is 17.9 Å². The molecule has 3 rings (SSSR count). The molecule has 0 saturated heterocycles. The average molecular weight is 403 g/mol. The first kappa shape index (κ1) is 19.8. The van der Waals surface area contributed by atoms with Crippen LogP contribution >= 0.6 is 0 Å². The highest BCUT2D eigenvalue weighted by atomic mass is 32.2. The van der Waals surface area contributed by atoms with Gasteiger partial charge in [0.25, 0.3) is 0 Å². The Morgan fingerprint density at radius 3 is 2.64 bits per heavy atom. The van der Waals surface area contributed by atoms with Gasteiger partial charge in [-0.25, -0.2) is 17.8 Å². The lowest BCUT2D eigenvalue weighted by Crippen LogP contribution is -2.24. The van der Waals surface area contributed by atoms with Gasteiger partial charge in [-0.1, -0.05) is 12.1 Å². The minimum Gasteiger partial charge on any atom is -0.497 e. The molecule has 1 aromatic heterocycles. The zero-order chi connectivity index (χ0) is 20.1. The topological polar surface area (TPSA) is 108 Å². The van der Waals surface area contributed by atoms with Gasteiger partial charge in [-0.15, -0.1) is 5.10 Å². The first-order valence-corrected chi connectivity index (χ1v) is 10.0. The average Bonchev–Trinajstić information content (AvgIpc) is 3.21. The molecule has 148 valence electrons. The molecular formula is C18H21N5O4S. The third kappa shape index (κ3) is 4.12. The zero-order valence-corrected chi connectivity index (χ0v) is 16.6. The van der Waals surface area contributed by atoms with Crippen molar-refractivity contribution in [1.82, 2.24) is 24.9 Å². The molecule has 0 aliphatic carbocycles. The monoisotopic (exact) mass is 403 g/mol. The Bertz CT molecular complexity index is 1070. The number of ether oxygens (including phenoxy) is 2. The number of rotatable bonds is 8. The van der Waals surface area contributed by atoms with Crippen LogP contribution < -0.4 is 14.2 Å². The number of hydrogen-bond donors (Lipinski definition) is 1. The zero-order valence-electron chi connectivity index (χ0n) is 15.8. The minimum absolute atomic E-state index is 0.0149. The van der Waals surface area contributed by atoms with E-state index >= 15 is 0 Å². The summed E-state index contributed by atoms with van der Waals surface area (Å²) in [7, 11) is -0.866. The molecule has 3 aromatic rings. The van der Waals surface area contributed by atoms with Crippen LogP contribution in [0, 0.1) is 0 Å². The van der Waals surface area contributed by atoms with E-state index in [1.165, 1.54) is 13.2 Å². The molecule has 10 heteroatoms. The third-order valence-electron chi connectivity index (χ3n) is 4.14. The highest BCUT2D eigenvalue weighted by Gasteiger charge is 2.22. The van der Waals surface area contributed by atoms with E-state index in [4.69, 9.17) is 9.47 Å². The maximum Gasteiger partial charge on any atom is 0.244 e. The summed E-state index contributed by atoms with van der Waals surface area (Å²) in [5.74, 6) is 1.37. The number of nitrogens with zero attached hydrogens (tertiary/aromatic N) is 4. The lowest BCUT2D eigenvalue weighted by Gasteiger charge is -2.13. The number of benzene rings is 2. The Hall–Kier alpha value is -2.98. The van der Waals surface area contributed by atoms with Crippen LogP contribution in [0.15, 0.2) is 47.4 Å². The van der Waals surface area contributed by atoms with Crippen molar-refractivity contribution in [3.8, 4) is 22.9 Å². The van der Waals surface area contributed by atoms with Gasteiger partial charge in [-0.3, -0.25) is 0 Å². The van der Waals surface area contributed by atoms with Crippen LogP contribution in [0.25, 0.3) is 11.4 Å². The smallest absolute Gasteiger partial charge is 0.244 e. The number of hydrogen-bond acceptors (Lipinski definition) is 7. The normalized spacial score (nSPS) is 11.4. The van der Waals surface area contributed by atoms with E-state index in [9.17, 15) is 8.42 Å². The van der Waals surface area contributed by atoms with Crippen molar-refractivity contribution in [2.75, 3.05) is 14.2 Å². The first-order chi connectivity index (χ1) is 13.5. The molecule has 0 amide bonds. The number of nitrogens with one attached hydrogen (secondary N) is 1. The van der Waals surface area contributed by atoms with Crippen LogP contribution in [0.2, 0.25) is 0 Å². The summed E-state index contributed by atoms with van der Waals surface area (Å²) in [4.78, 5) is 0.0149. The Kier molecular flexibility index (Phi) is 5.90. The van der Waals surface area contributed by atoms with Gasteiger partial charge in [0.15, 0.2) is 5.82 Å². The van der Waals surface area contributed by atoms with E-state index in [0.29, 0.717) is 23.7 Å². The molecule has 9 nitrogen and oxygen atoms in total. The van der Waals surface area contributed by atoms with E-state index in [1.54, 1.807) is 42.1 Å². The van der Waals surface area contributed by atoms with Gasteiger partial charge in [-0.05, 0) is 53.2 Å². The first-order valence-electron chi connectivity index (χ1n) is 8.55. The standard InChI is InChI=1S/C18H21N5O4S/c1-4-23-18(20-21-22-23)14-8-9-16(27-3)17(11-14)28(24,25)19-12-13-6-5-7-15(10-13)26-2/h5-11,19H,4,12H2,1-3H3. The summed E-state index contributed by atoms with van der Waals surface area (Å²) in [6.45, 7) is 2.57. The fraction of sp³-hybridized carbons (Fsp3) is 0.278. The van der Waals surface area contributed by atoms with Gasteiger partial charge in [-0.2, -0.15) is 0 Å². The second-order valence-corrected chi connectivity index (χ2v) is 7.60. The van der Waals surface area contributed by atoms with E-state index < -0.39 is 10.0 Å². The third-order valence-corrected chi connectivity index (χ3v) is 5.57. The lowest BCUT2D eigenvalue weighted by molar-refractivity contribution is 0.402. The predicted molar refractivity (Wildman–Crippen MR) is 102 cm³/mol. The Labute approximate surface area is 163 Å². The molecule has 0 saturated carbocycles. The Balaban J connectivity index is 1.92. The van der Waals surface area contributed by atoms with Gasteiger partial charge in [0.05, 0.1) is 14.2 Å². The van der Waals surface area contributed by atoms with Crippen molar-refractivity contribution in [1.29, 1.82) is 0 Å². The fourth-order valence-corrected chi connectivity index (χ4v) is 3.90.